The van der Waals surface area contributed by atoms with Gasteiger partial charge in [0.1, 0.15) is 0 Å². The molecule has 0 saturated carbocycles. The number of fused-ring (bicyclic) bond motifs is 3. The number of hydrogen-bond donors (Lipinski definition) is 0. The number of benzene rings is 3. The zero-order chi connectivity index (χ0) is 23.3. The van der Waals surface area contributed by atoms with Crippen LogP contribution in [0.2, 0.25) is 8.87 Å². The molecule has 5 heteroatoms. The van der Waals surface area contributed by atoms with Crippen molar-refractivity contribution in [3.8, 4) is 22.3 Å². The van der Waals surface area contributed by atoms with Gasteiger partial charge in [-0.1, -0.05) is 72.8 Å². The predicted octanol–water partition coefficient (Wildman–Crippen LogP) is 9.06. The number of hydrogen-bond acceptors (Lipinski definition) is 2. The maximum Gasteiger partial charge on any atom is 0.0970 e. The van der Waals surface area contributed by atoms with Crippen molar-refractivity contribution in [3.63, 3.8) is 0 Å². The van der Waals surface area contributed by atoms with Crippen LogP contribution in [0.25, 0.3) is 44.1 Å². The molecule has 0 amide bonds. The fourth-order valence-corrected chi connectivity index (χ4v) is 5.24. The first-order chi connectivity index (χ1) is 16.0. The molecule has 0 atom stereocenters. The van der Waals surface area contributed by atoms with E-state index in [1.807, 2.05) is 24.5 Å². The summed E-state index contributed by atoms with van der Waals surface area (Å²) in [6.45, 7) is 4.14. The number of nitrogens with zero attached hydrogens (tertiary/aromatic N) is 2. The van der Waals surface area contributed by atoms with E-state index < -0.39 is 16.1 Å². The van der Waals surface area contributed by atoms with Crippen LogP contribution in [0.5, 0.6) is 0 Å². The third-order valence-electron chi connectivity index (χ3n) is 5.83. The molecule has 5 rings (SSSR count). The Kier molecular flexibility index (Phi) is 7.90. The van der Waals surface area contributed by atoms with E-state index in [9.17, 15) is 0 Å². The van der Waals surface area contributed by atoms with E-state index >= 15 is 0 Å². The van der Waals surface area contributed by atoms with Crippen LogP contribution in [0.4, 0.5) is 0 Å². The molecule has 2 heterocycles. The zero-order valence-electron chi connectivity index (χ0n) is 18.8. The molecule has 5 aromatic rings. The minimum Gasteiger partial charge on any atom is -0.254 e. The molecule has 3 aromatic carbocycles. The van der Waals surface area contributed by atoms with Crippen LogP contribution in [0, 0.1) is 0 Å². The third-order valence-corrected chi connectivity index (χ3v) is 18.9. The molecule has 0 aliphatic heterocycles. The van der Waals surface area contributed by atoms with Crippen molar-refractivity contribution >= 4 is 55.8 Å². The van der Waals surface area contributed by atoms with Gasteiger partial charge in [-0.2, -0.15) is 0 Å². The average molecular weight is 580 g/mol. The van der Waals surface area contributed by atoms with Gasteiger partial charge in [-0.05, 0) is 34.4 Å². The Labute approximate surface area is 206 Å². The normalized spacial score (nSPS) is 11.3. The zero-order valence-corrected chi connectivity index (χ0v) is 23.2. The molecule has 166 valence electrons. The minimum atomic E-state index is -2.34. The van der Waals surface area contributed by atoms with Gasteiger partial charge in [-0.3, -0.25) is 9.97 Å². The largest absolute Gasteiger partial charge is 0.254 e. The molecule has 33 heavy (non-hydrogen) atoms. The van der Waals surface area contributed by atoms with Gasteiger partial charge in [-0.25, -0.2) is 0 Å². The Hall–Kier alpha value is -2.14. The maximum absolute atomic E-state index is 5.88. The molecule has 0 bridgehead atoms. The Morgan fingerprint density at radius 1 is 0.576 bits per heavy atom. The summed E-state index contributed by atoms with van der Waals surface area (Å²) in [5, 5.41) is 2.26. The monoisotopic (exact) mass is 580 g/mol. The van der Waals surface area contributed by atoms with E-state index in [-0.39, 0.29) is 0 Å². The molecule has 2 aromatic heterocycles. The van der Waals surface area contributed by atoms with E-state index in [4.69, 9.17) is 17.8 Å². The van der Waals surface area contributed by atoms with Gasteiger partial charge in [-0.15, -0.1) is 0 Å². The molecule has 0 spiro atoms. The fraction of sp³-hybridized carbons (Fsp3) is 0.143. The van der Waals surface area contributed by atoms with Crippen molar-refractivity contribution in [1.82, 2.24) is 9.97 Å². The van der Waals surface area contributed by atoms with Gasteiger partial charge in [0, 0.05) is 23.2 Å². The van der Waals surface area contributed by atoms with Crippen molar-refractivity contribution in [2.75, 3.05) is 0 Å². The first-order valence-electron chi connectivity index (χ1n) is 11.2. The molecule has 2 nitrogen and oxygen atoms in total. The Morgan fingerprint density at radius 3 is 1.30 bits per heavy atom. The van der Waals surface area contributed by atoms with Crippen LogP contribution in [0.3, 0.4) is 0 Å². The number of rotatable bonds is 4. The van der Waals surface area contributed by atoms with Crippen molar-refractivity contribution in [3.05, 3.63) is 97.3 Å². The second-order valence-electron chi connectivity index (χ2n) is 7.87. The molecular formula is C28H26Cl2N2Sn. The van der Waals surface area contributed by atoms with Gasteiger partial charge in [0.2, 0.25) is 0 Å². The van der Waals surface area contributed by atoms with Gasteiger partial charge < -0.3 is 0 Å². The predicted molar refractivity (Wildman–Crippen MR) is 146 cm³/mol. The molecule has 0 saturated heterocycles. The summed E-state index contributed by atoms with van der Waals surface area (Å²) in [4.78, 5) is 9.34. The molecule has 0 aliphatic rings. The van der Waals surface area contributed by atoms with E-state index in [2.05, 4.69) is 96.6 Å². The van der Waals surface area contributed by atoms with Crippen LogP contribution >= 0.6 is 17.8 Å². The second kappa shape index (κ2) is 10.9. The van der Waals surface area contributed by atoms with Crippen molar-refractivity contribution < 1.29 is 0 Å². The van der Waals surface area contributed by atoms with Crippen molar-refractivity contribution in [2.45, 2.75) is 22.7 Å². The smallest absolute Gasteiger partial charge is 0.0970 e. The standard InChI is InChI=1S/C24H16N2.2C2H5.2ClH.Sn/c1-3-7-17(8-4-1)19-13-15-25-23-21(19)11-12-22-20(14-16-26-24(22)23)18-9-5-2-6-10-18;2*1-2;;;/h1-16H;2*1H2,2H3;2*1H;/q;;;;;+2/p-2. The summed E-state index contributed by atoms with van der Waals surface area (Å²) in [7, 11) is 11.8. The molecule has 0 fully saturated rings. The molecule has 0 N–H and O–H groups in total. The van der Waals surface area contributed by atoms with E-state index in [0.29, 0.717) is 0 Å². The number of halogens is 2. The van der Waals surface area contributed by atoms with E-state index in [0.717, 1.165) is 30.7 Å². The minimum absolute atomic E-state index is 0.946. The number of pyridine rings is 2. The maximum atomic E-state index is 5.88. The molecule has 0 aliphatic carbocycles. The van der Waals surface area contributed by atoms with Gasteiger partial charge in [0.25, 0.3) is 0 Å². The summed E-state index contributed by atoms with van der Waals surface area (Å²) in [5.41, 5.74) is 6.65. The van der Waals surface area contributed by atoms with Crippen LogP contribution in [0.1, 0.15) is 13.8 Å². The third kappa shape index (κ3) is 5.51. The first kappa shape index (κ1) is 24.0. The fourth-order valence-electron chi connectivity index (χ4n) is 3.82. The SMILES string of the molecule is C[CH2][Sn]([Cl])([Cl])[CH2]C.c1ccc(-c2ccnc3c2ccc2c(-c4ccccc4)ccnc23)cc1. The van der Waals surface area contributed by atoms with Crippen molar-refractivity contribution in [1.29, 1.82) is 0 Å². The van der Waals surface area contributed by atoms with Crippen LogP contribution in [-0.4, -0.2) is 26.1 Å². The van der Waals surface area contributed by atoms with E-state index in [1.165, 1.54) is 22.3 Å². The second-order valence-corrected chi connectivity index (χ2v) is 27.8. The van der Waals surface area contributed by atoms with E-state index in [1.54, 1.807) is 0 Å². The van der Waals surface area contributed by atoms with Gasteiger partial charge >= 0.3 is 56.7 Å². The molecule has 0 radical (unpaired) electrons. The number of aromatic nitrogens is 2. The molecular weight excluding hydrogens is 554 g/mol. The van der Waals surface area contributed by atoms with Crippen LogP contribution in [-0.2, 0) is 0 Å². The summed E-state index contributed by atoms with van der Waals surface area (Å²) in [6, 6.07) is 29.3. The van der Waals surface area contributed by atoms with Crippen LogP contribution in [0.15, 0.2) is 97.3 Å². The van der Waals surface area contributed by atoms with Crippen LogP contribution < -0.4 is 0 Å². The van der Waals surface area contributed by atoms with Gasteiger partial charge in [0.05, 0.1) is 11.0 Å². The van der Waals surface area contributed by atoms with Gasteiger partial charge in [0.15, 0.2) is 0 Å². The Morgan fingerprint density at radius 2 is 0.970 bits per heavy atom. The Balaban J connectivity index is 0.000000325. The first-order valence-corrected chi connectivity index (χ1v) is 22.5. The van der Waals surface area contributed by atoms with Crippen molar-refractivity contribution in [2.24, 2.45) is 0 Å². The summed E-state index contributed by atoms with van der Waals surface area (Å²) in [6.07, 6.45) is 3.75. The summed E-state index contributed by atoms with van der Waals surface area (Å²) >= 11 is -2.34. The Bertz CT molecular complexity index is 1250. The summed E-state index contributed by atoms with van der Waals surface area (Å²) in [5.74, 6) is 0. The quantitative estimate of drug-likeness (QED) is 0.157. The molecule has 0 unspecified atom stereocenters. The summed E-state index contributed by atoms with van der Waals surface area (Å²) < 4.78 is 2.07. The topological polar surface area (TPSA) is 25.8 Å². The average Bonchev–Trinajstić information content (AvgIpc) is 2.89.